The van der Waals surface area contributed by atoms with Gasteiger partial charge in [0.25, 0.3) is 0 Å². The Morgan fingerprint density at radius 1 is 1.29 bits per heavy atom. The maximum absolute atomic E-state index is 13.2. The molecule has 2 nitrogen and oxygen atoms in total. The van der Waals surface area contributed by atoms with Gasteiger partial charge in [0, 0.05) is 0 Å². The first-order valence-electron chi connectivity index (χ1n) is 3.61. The van der Waals surface area contributed by atoms with Crippen LogP contribution in [0, 0.1) is 11.6 Å². The Kier molecular flexibility index (Phi) is 2.43. The van der Waals surface area contributed by atoms with E-state index in [0.29, 0.717) is 0 Å². The van der Waals surface area contributed by atoms with Crippen LogP contribution in [0.15, 0.2) is 18.2 Å². The van der Waals surface area contributed by atoms with Crippen molar-refractivity contribution in [2.75, 3.05) is 0 Å². The van der Waals surface area contributed by atoms with Crippen molar-refractivity contribution in [1.82, 2.24) is 9.36 Å². The number of aromatic nitrogens is 2. The van der Waals surface area contributed by atoms with Crippen molar-refractivity contribution in [3.8, 4) is 10.6 Å². The lowest BCUT2D eigenvalue weighted by Gasteiger charge is -1.97. The summed E-state index contributed by atoms with van der Waals surface area (Å²) in [6.45, 7) is 0. The van der Waals surface area contributed by atoms with Crippen molar-refractivity contribution in [1.29, 1.82) is 0 Å². The molecule has 14 heavy (non-hydrogen) atoms. The van der Waals surface area contributed by atoms with Crippen LogP contribution in [0.25, 0.3) is 10.6 Å². The summed E-state index contributed by atoms with van der Waals surface area (Å²) in [5.41, 5.74) is 0.0781. The lowest BCUT2D eigenvalue weighted by molar-refractivity contribution is 0.603. The van der Waals surface area contributed by atoms with E-state index in [2.05, 4.69) is 9.36 Å². The summed E-state index contributed by atoms with van der Waals surface area (Å²) in [6, 6.07) is 3.15. The van der Waals surface area contributed by atoms with Gasteiger partial charge in [0.2, 0.25) is 5.28 Å². The molecule has 0 aliphatic rings. The van der Waals surface area contributed by atoms with Crippen LogP contribution in [0.4, 0.5) is 8.78 Å². The van der Waals surface area contributed by atoms with E-state index in [4.69, 9.17) is 11.6 Å². The zero-order chi connectivity index (χ0) is 10.1. The Morgan fingerprint density at radius 2 is 2.07 bits per heavy atom. The van der Waals surface area contributed by atoms with Crippen molar-refractivity contribution in [2.45, 2.75) is 0 Å². The van der Waals surface area contributed by atoms with Gasteiger partial charge in [-0.05, 0) is 41.3 Å². The van der Waals surface area contributed by atoms with Crippen molar-refractivity contribution in [3.63, 3.8) is 0 Å². The van der Waals surface area contributed by atoms with Gasteiger partial charge in [0.15, 0.2) is 0 Å². The maximum atomic E-state index is 13.2. The highest BCUT2D eigenvalue weighted by Gasteiger charge is 2.10. The standard InChI is InChI=1S/C8H3ClF2N2S/c9-8-12-7(14-13-8)5-3-4(10)1-2-6(5)11/h1-3H. The quantitative estimate of drug-likeness (QED) is 0.755. The van der Waals surface area contributed by atoms with Crippen LogP contribution < -0.4 is 0 Å². The van der Waals surface area contributed by atoms with E-state index in [1.165, 1.54) is 0 Å². The molecule has 0 saturated heterocycles. The van der Waals surface area contributed by atoms with E-state index in [1.807, 2.05) is 0 Å². The first-order chi connectivity index (χ1) is 6.66. The molecule has 2 rings (SSSR count). The van der Waals surface area contributed by atoms with Gasteiger partial charge in [-0.15, -0.1) is 0 Å². The highest BCUT2D eigenvalue weighted by molar-refractivity contribution is 7.09. The first kappa shape index (κ1) is 9.48. The Balaban J connectivity index is 2.55. The minimum atomic E-state index is -0.542. The molecule has 0 aliphatic heterocycles. The smallest absolute Gasteiger partial charge is 0.207 e. The zero-order valence-corrected chi connectivity index (χ0v) is 8.24. The van der Waals surface area contributed by atoms with Crippen LogP contribution in [0.5, 0.6) is 0 Å². The molecule has 0 saturated carbocycles. The number of nitrogens with zero attached hydrogens (tertiary/aromatic N) is 2. The third-order valence-electron chi connectivity index (χ3n) is 1.56. The van der Waals surface area contributed by atoms with Gasteiger partial charge in [0.1, 0.15) is 16.6 Å². The Hall–Kier alpha value is -1.07. The molecule has 0 fully saturated rings. The molecule has 0 radical (unpaired) electrons. The van der Waals surface area contributed by atoms with Crippen molar-refractivity contribution >= 4 is 23.1 Å². The molecule has 0 amide bonds. The highest BCUT2D eigenvalue weighted by Crippen LogP contribution is 2.26. The maximum Gasteiger partial charge on any atom is 0.234 e. The van der Waals surface area contributed by atoms with E-state index < -0.39 is 11.6 Å². The molecule has 0 unspecified atom stereocenters. The normalized spacial score (nSPS) is 10.5. The molecule has 1 heterocycles. The number of rotatable bonds is 1. The summed E-state index contributed by atoms with van der Waals surface area (Å²) in [7, 11) is 0. The lowest BCUT2D eigenvalue weighted by atomic mass is 10.2. The molecule has 1 aromatic heterocycles. The summed E-state index contributed by atoms with van der Waals surface area (Å²) in [5.74, 6) is -1.06. The van der Waals surface area contributed by atoms with Crippen molar-refractivity contribution in [2.24, 2.45) is 0 Å². The third kappa shape index (κ3) is 1.73. The van der Waals surface area contributed by atoms with Gasteiger partial charge in [-0.2, -0.15) is 4.37 Å². The van der Waals surface area contributed by atoms with E-state index in [-0.39, 0.29) is 15.9 Å². The van der Waals surface area contributed by atoms with Crippen LogP contribution in [-0.2, 0) is 0 Å². The van der Waals surface area contributed by atoms with Crippen LogP contribution >= 0.6 is 23.1 Å². The largest absolute Gasteiger partial charge is 0.234 e. The van der Waals surface area contributed by atoms with E-state index >= 15 is 0 Å². The number of halogens is 3. The predicted octanol–water partition coefficient (Wildman–Crippen LogP) is 3.14. The Bertz CT molecular complexity index is 472. The van der Waals surface area contributed by atoms with E-state index in [9.17, 15) is 8.78 Å². The Morgan fingerprint density at radius 3 is 2.71 bits per heavy atom. The van der Waals surface area contributed by atoms with Crippen LogP contribution in [0.3, 0.4) is 0 Å². The molecule has 6 heteroatoms. The van der Waals surface area contributed by atoms with E-state index in [1.54, 1.807) is 0 Å². The fourth-order valence-electron chi connectivity index (χ4n) is 0.976. The third-order valence-corrected chi connectivity index (χ3v) is 2.58. The fourth-order valence-corrected chi connectivity index (χ4v) is 1.80. The first-order valence-corrected chi connectivity index (χ1v) is 4.76. The minimum absolute atomic E-state index is 0.0358. The minimum Gasteiger partial charge on any atom is -0.207 e. The van der Waals surface area contributed by atoms with Crippen molar-refractivity contribution < 1.29 is 8.78 Å². The SMILES string of the molecule is Fc1ccc(F)c(-c2nc(Cl)ns2)c1. The summed E-state index contributed by atoms with van der Waals surface area (Å²) in [5, 5.41) is 0.306. The second kappa shape index (κ2) is 3.59. The molecule has 0 N–H and O–H groups in total. The van der Waals surface area contributed by atoms with Crippen LogP contribution in [0.2, 0.25) is 5.28 Å². The van der Waals surface area contributed by atoms with Crippen LogP contribution in [-0.4, -0.2) is 9.36 Å². The summed E-state index contributed by atoms with van der Waals surface area (Å²) >= 11 is 6.40. The average molecular weight is 233 g/mol. The number of hydrogen-bond donors (Lipinski definition) is 0. The molecule has 72 valence electrons. The molecule has 0 atom stereocenters. The van der Waals surface area contributed by atoms with Gasteiger partial charge in [-0.1, -0.05) is 0 Å². The van der Waals surface area contributed by atoms with Gasteiger partial charge >= 0.3 is 0 Å². The Labute approximate surface area is 87.3 Å². The van der Waals surface area contributed by atoms with Gasteiger partial charge in [0.05, 0.1) is 5.56 Å². The topological polar surface area (TPSA) is 25.8 Å². The molecule has 1 aromatic carbocycles. The fraction of sp³-hybridized carbons (Fsp3) is 0. The summed E-state index contributed by atoms with van der Waals surface area (Å²) in [4.78, 5) is 3.75. The molecular weight excluding hydrogens is 230 g/mol. The second-order valence-corrected chi connectivity index (χ2v) is 3.58. The molecule has 2 aromatic rings. The van der Waals surface area contributed by atoms with Gasteiger partial charge in [-0.25, -0.2) is 13.8 Å². The van der Waals surface area contributed by atoms with Gasteiger partial charge in [-0.3, -0.25) is 0 Å². The monoisotopic (exact) mass is 232 g/mol. The predicted molar refractivity (Wildman–Crippen MR) is 50.3 cm³/mol. The van der Waals surface area contributed by atoms with E-state index in [0.717, 1.165) is 29.7 Å². The second-order valence-electron chi connectivity index (χ2n) is 2.49. The molecule has 0 aliphatic carbocycles. The highest BCUT2D eigenvalue weighted by atomic mass is 35.5. The van der Waals surface area contributed by atoms with Crippen LogP contribution in [0.1, 0.15) is 0 Å². The van der Waals surface area contributed by atoms with Gasteiger partial charge < -0.3 is 0 Å². The number of benzene rings is 1. The molecule has 0 bridgehead atoms. The summed E-state index contributed by atoms with van der Waals surface area (Å²) < 4.78 is 29.7. The zero-order valence-electron chi connectivity index (χ0n) is 6.67. The summed E-state index contributed by atoms with van der Waals surface area (Å²) in [6.07, 6.45) is 0. The lowest BCUT2D eigenvalue weighted by Crippen LogP contribution is -1.85. The average Bonchev–Trinajstić information content (AvgIpc) is 2.56. The van der Waals surface area contributed by atoms with Crippen molar-refractivity contribution in [3.05, 3.63) is 35.1 Å². The number of hydrogen-bond acceptors (Lipinski definition) is 3. The molecular formula is C8H3ClF2N2S. The molecule has 0 spiro atoms.